The fourth-order valence-electron chi connectivity index (χ4n) is 4.03. The molecule has 12 nitrogen and oxygen atoms in total. The van der Waals surface area contributed by atoms with Crippen LogP contribution in [0, 0.1) is 5.41 Å². The van der Waals surface area contributed by atoms with Gasteiger partial charge in [0.05, 0.1) is 11.7 Å². The highest BCUT2D eigenvalue weighted by Crippen LogP contribution is 2.48. The summed E-state index contributed by atoms with van der Waals surface area (Å²) in [6, 6.07) is 2.83. The fraction of sp³-hybridized carbons (Fsp3) is 0.320. The lowest BCUT2D eigenvalue weighted by molar-refractivity contribution is 0.0928. The Balaban J connectivity index is 1.13. The lowest BCUT2D eigenvalue weighted by Gasteiger charge is -2.12. The number of oxime groups is 1. The molecule has 1 fully saturated rings. The van der Waals surface area contributed by atoms with Gasteiger partial charge in [-0.15, -0.1) is 0 Å². The first-order valence-corrected chi connectivity index (χ1v) is 12.1. The van der Waals surface area contributed by atoms with Gasteiger partial charge in [0.1, 0.15) is 29.8 Å². The Kier molecular flexibility index (Phi) is 5.63. The van der Waals surface area contributed by atoms with Crippen molar-refractivity contribution in [2.24, 2.45) is 15.6 Å². The predicted molar refractivity (Wildman–Crippen MR) is 135 cm³/mol. The average molecular weight is 500 g/mol. The molecular formula is C25H25N9O3. The van der Waals surface area contributed by atoms with Gasteiger partial charge < -0.3 is 25.0 Å². The summed E-state index contributed by atoms with van der Waals surface area (Å²) in [5.74, 6) is 2.44. The van der Waals surface area contributed by atoms with Crippen LogP contribution in [0.25, 0.3) is 11.5 Å². The molecule has 1 aliphatic carbocycles. The fourth-order valence-corrected chi connectivity index (χ4v) is 4.03. The molecule has 188 valence electrons. The van der Waals surface area contributed by atoms with Crippen LogP contribution < -0.4 is 10.6 Å². The van der Waals surface area contributed by atoms with E-state index in [1.165, 1.54) is 18.7 Å². The number of H-pyrrole nitrogens is 1. The van der Waals surface area contributed by atoms with Crippen molar-refractivity contribution in [3.63, 3.8) is 0 Å². The summed E-state index contributed by atoms with van der Waals surface area (Å²) in [7, 11) is 0. The number of nitrogens with one attached hydrogen (secondary N) is 3. The highest BCUT2D eigenvalue weighted by Gasteiger charge is 2.41. The Bertz CT molecular complexity index is 1480. The number of carbonyl (C=O) groups excluding carboxylic acids is 1. The molecular weight excluding hydrogens is 474 g/mol. The third-order valence-corrected chi connectivity index (χ3v) is 6.54. The Morgan fingerprint density at radius 3 is 2.89 bits per heavy atom. The molecule has 5 heterocycles. The summed E-state index contributed by atoms with van der Waals surface area (Å²) in [5, 5.41) is 13.9. The van der Waals surface area contributed by atoms with Crippen LogP contribution in [0.4, 0.5) is 11.6 Å². The van der Waals surface area contributed by atoms with E-state index in [0.29, 0.717) is 41.8 Å². The summed E-state index contributed by atoms with van der Waals surface area (Å²) in [5.41, 5.74) is 2.84. The molecule has 12 heteroatoms. The van der Waals surface area contributed by atoms with Crippen LogP contribution in [0.3, 0.4) is 0 Å². The maximum absolute atomic E-state index is 12.8. The van der Waals surface area contributed by atoms with Gasteiger partial charge in [0.25, 0.3) is 5.91 Å². The number of fused-ring (bicyclic) bond motifs is 1. The first-order chi connectivity index (χ1) is 18.0. The Hall–Kier alpha value is -4.61. The summed E-state index contributed by atoms with van der Waals surface area (Å²) in [6.07, 6.45) is 12.4. The third-order valence-electron chi connectivity index (χ3n) is 6.54. The van der Waals surface area contributed by atoms with Gasteiger partial charge in [-0.2, -0.15) is 0 Å². The molecule has 0 saturated heterocycles. The number of nitrogens with zero attached hydrogens (tertiary/aromatic N) is 6. The van der Waals surface area contributed by atoms with Crippen LogP contribution in [-0.4, -0.2) is 42.5 Å². The second-order valence-electron chi connectivity index (χ2n) is 9.49. The van der Waals surface area contributed by atoms with E-state index in [4.69, 9.17) is 14.4 Å². The van der Waals surface area contributed by atoms with E-state index in [-0.39, 0.29) is 17.0 Å². The van der Waals surface area contributed by atoms with E-state index in [0.717, 1.165) is 30.1 Å². The Morgan fingerprint density at radius 2 is 2.08 bits per heavy atom. The van der Waals surface area contributed by atoms with Crippen LogP contribution >= 0.6 is 0 Å². The van der Waals surface area contributed by atoms with Gasteiger partial charge >= 0.3 is 0 Å². The summed E-state index contributed by atoms with van der Waals surface area (Å²) >= 11 is 0. The zero-order valence-corrected chi connectivity index (χ0v) is 20.4. The Morgan fingerprint density at radius 1 is 1.19 bits per heavy atom. The standard InChI is InChI=1S/C25H25N9O3/c1-14(28-24(35)17-12-21(27-13-26-17)31-20-7-4-10-36-34-20)18-11-16(33-37-18)23-29-15-5-3-6-19(25(2)8-9-25)30-22(15)32-23/h3-4,6,10-14H,5,7-9H2,1-2H3,(H,28,35)(H,29,32)(H,26,27,31,34)/t14-/m1/s1. The average Bonchev–Trinajstić information content (AvgIpc) is 3.33. The molecule has 0 aromatic carbocycles. The molecule has 0 radical (unpaired) electrons. The van der Waals surface area contributed by atoms with Crippen molar-refractivity contribution < 1.29 is 14.2 Å². The summed E-state index contributed by atoms with van der Waals surface area (Å²) in [4.78, 5) is 38.8. The molecule has 0 unspecified atom stereocenters. The van der Waals surface area contributed by atoms with Crippen molar-refractivity contribution in [1.82, 2.24) is 30.4 Å². The third kappa shape index (κ3) is 4.77. The van der Waals surface area contributed by atoms with Crippen LogP contribution in [0.1, 0.15) is 61.1 Å². The van der Waals surface area contributed by atoms with Gasteiger partial charge in [-0.3, -0.25) is 4.79 Å². The minimum atomic E-state index is -0.462. The summed E-state index contributed by atoms with van der Waals surface area (Å²) in [6.45, 7) is 4.03. The van der Waals surface area contributed by atoms with Gasteiger partial charge in [-0.1, -0.05) is 23.3 Å². The minimum absolute atomic E-state index is 0.161. The number of allylic oxidation sites excluding steroid dienone is 2. The molecule has 3 aromatic rings. The molecule has 3 aliphatic rings. The maximum atomic E-state index is 12.8. The van der Waals surface area contributed by atoms with Gasteiger partial charge in [0.15, 0.2) is 23.2 Å². The lowest BCUT2D eigenvalue weighted by Crippen LogP contribution is -2.27. The van der Waals surface area contributed by atoms with E-state index in [1.807, 2.05) is 6.08 Å². The number of rotatable bonds is 6. The monoisotopic (exact) mass is 499 g/mol. The zero-order chi connectivity index (χ0) is 25.4. The van der Waals surface area contributed by atoms with Gasteiger partial charge in [-0.05, 0) is 31.9 Å². The Labute approximate surface area is 212 Å². The largest absolute Gasteiger partial charge is 0.363 e. The van der Waals surface area contributed by atoms with E-state index in [2.05, 4.69) is 60.0 Å². The van der Waals surface area contributed by atoms with Crippen LogP contribution in [-0.2, 0) is 11.3 Å². The van der Waals surface area contributed by atoms with E-state index >= 15 is 0 Å². The number of hydrogen-bond acceptors (Lipinski definition) is 10. The topological polar surface area (TPSA) is 156 Å². The first-order valence-electron chi connectivity index (χ1n) is 12.1. The van der Waals surface area contributed by atoms with Crippen LogP contribution in [0.5, 0.6) is 0 Å². The predicted octanol–water partition coefficient (Wildman–Crippen LogP) is 3.99. The van der Waals surface area contributed by atoms with Gasteiger partial charge in [0.2, 0.25) is 0 Å². The van der Waals surface area contributed by atoms with Crippen molar-refractivity contribution in [3.8, 4) is 11.5 Å². The molecule has 1 amide bonds. The molecule has 3 aromatic heterocycles. The first kappa shape index (κ1) is 22.8. The molecule has 6 rings (SSSR count). The molecule has 1 atom stereocenters. The number of imidazole rings is 1. The molecule has 2 aliphatic heterocycles. The number of aliphatic imine (C=N–C) groups is 1. The lowest BCUT2D eigenvalue weighted by atomic mass is 10.0. The highest BCUT2D eigenvalue weighted by molar-refractivity contribution is 6.03. The van der Waals surface area contributed by atoms with Crippen molar-refractivity contribution in [3.05, 3.63) is 60.1 Å². The molecule has 37 heavy (non-hydrogen) atoms. The summed E-state index contributed by atoms with van der Waals surface area (Å²) < 4.78 is 5.53. The normalized spacial score (nSPS) is 18.1. The number of anilines is 1. The van der Waals surface area contributed by atoms with E-state index < -0.39 is 6.04 Å². The molecule has 3 N–H and O–H groups in total. The van der Waals surface area contributed by atoms with E-state index in [9.17, 15) is 4.79 Å². The molecule has 1 saturated carbocycles. The quantitative estimate of drug-likeness (QED) is 0.460. The second kappa shape index (κ2) is 9.12. The number of hydrogen-bond donors (Lipinski definition) is 3. The second-order valence-corrected chi connectivity index (χ2v) is 9.49. The highest BCUT2D eigenvalue weighted by atomic mass is 16.6. The van der Waals surface area contributed by atoms with Crippen molar-refractivity contribution in [2.45, 2.75) is 45.6 Å². The van der Waals surface area contributed by atoms with Crippen LogP contribution in [0.2, 0.25) is 0 Å². The van der Waals surface area contributed by atoms with Gasteiger partial charge in [-0.25, -0.2) is 19.9 Å². The van der Waals surface area contributed by atoms with Gasteiger partial charge in [0, 0.05) is 36.1 Å². The zero-order valence-electron chi connectivity index (χ0n) is 20.4. The van der Waals surface area contributed by atoms with Crippen molar-refractivity contribution in [2.75, 3.05) is 5.32 Å². The molecule has 0 bridgehead atoms. The van der Waals surface area contributed by atoms with Crippen molar-refractivity contribution in [1.29, 1.82) is 0 Å². The number of aromatic amines is 1. The number of carbonyl (C=O) groups is 1. The smallest absolute Gasteiger partial charge is 0.270 e. The SMILES string of the molecule is C[C@@H](NC(=O)c1cc(NC2=NOC=CC2)ncn1)c1cc(-c2nc3c([nH]2)N=C(C2(C)CC2)C=CC3)no1. The maximum Gasteiger partial charge on any atom is 0.270 e. The van der Waals surface area contributed by atoms with Crippen molar-refractivity contribution >= 4 is 29.1 Å². The minimum Gasteiger partial charge on any atom is -0.363 e. The molecule has 0 spiro atoms. The number of aromatic nitrogens is 5. The van der Waals surface area contributed by atoms with E-state index in [1.54, 1.807) is 13.0 Å². The number of amidine groups is 1. The number of amides is 1. The van der Waals surface area contributed by atoms with Crippen LogP contribution in [0.15, 0.2) is 57.6 Å².